The lowest BCUT2D eigenvalue weighted by Crippen LogP contribution is -2.02. The molecule has 0 spiro atoms. The van der Waals surface area contributed by atoms with Crippen molar-refractivity contribution in [2.45, 2.75) is 0 Å². The van der Waals surface area contributed by atoms with Crippen LogP contribution in [0, 0.1) is 0 Å². The Kier molecular flexibility index (Phi) is 4.03. The van der Waals surface area contributed by atoms with E-state index < -0.39 is 0 Å². The summed E-state index contributed by atoms with van der Waals surface area (Å²) in [5, 5.41) is 2.73. The average Bonchev–Trinajstić information content (AvgIpc) is 2.50. The zero-order valence-electron chi connectivity index (χ0n) is 10.7. The van der Waals surface area contributed by atoms with Crippen LogP contribution in [0.15, 0.2) is 59.1 Å². The fraction of sp³-hybridized carbons (Fsp3) is 0. The topological polar surface area (TPSA) is 17.1 Å². The van der Waals surface area contributed by atoms with Crippen LogP contribution in [-0.2, 0) is 0 Å². The SMILES string of the molecule is O=C(c1ccc(Cl)c(Cl)c1)c1ccc(Br)c2ccccc12. The van der Waals surface area contributed by atoms with Gasteiger partial charge in [-0.05, 0) is 41.1 Å². The van der Waals surface area contributed by atoms with Gasteiger partial charge in [0, 0.05) is 15.6 Å². The summed E-state index contributed by atoms with van der Waals surface area (Å²) in [5.74, 6) is -0.0720. The van der Waals surface area contributed by atoms with Crippen molar-refractivity contribution >= 4 is 55.7 Å². The minimum absolute atomic E-state index is 0.0720. The van der Waals surface area contributed by atoms with E-state index >= 15 is 0 Å². The molecule has 3 aromatic carbocycles. The van der Waals surface area contributed by atoms with E-state index in [2.05, 4.69) is 15.9 Å². The Morgan fingerprint density at radius 2 is 1.57 bits per heavy atom. The second-order valence-corrected chi connectivity index (χ2v) is 6.27. The van der Waals surface area contributed by atoms with Crippen LogP contribution in [0.3, 0.4) is 0 Å². The Hall–Kier alpha value is -1.35. The van der Waals surface area contributed by atoms with Gasteiger partial charge in [-0.25, -0.2) is 0 Å². The molecule has 0 saturated carbocycles. The van der Waals surface area contributed by atoms with E-state index in [1.807, 2.05) is 36.4 Å². The minimum Gasteiger partial charge on any atom is -0.289 e. The molecule has 0 atom stereocenters. The van der Waals surface area contributed by atoms with Gasteiger partial charge in [0.05, 0.1) is 10.0 Å². The van der Waals surface area contributed by atoms with Gasteiger partial charge in [0.1, 0.15) is 0 Å². The smallest absolute Gasteiger partial charge is 0.193 e. The lowest BCUT2D eigenvalue weighted by atomic mass is 9.97. The number of hydrogen-bond donors (Lipinski definition) is 0. The Bertz CT molecular complexity index is 859. The zero-order valence-corrected chi connectivity index (χ0v) is 13.8. The average molecular weight is 380 g/mol. The molecule has 0 radical (unpaired) electrons. The minimum atomic E-state index is -0.0720. The van der Waals surface area contributed by atoms with Gasteiger partial charge in [-0.2, -0.15) is 0 Å². The van der Waals surface area contributed by atoms with Gasteiger partial charge in [0.2, 0.25) is 0 Å². The standard InChI is InChI=1S/C17H9BrCl2O/c18-14-7-6-13(11-3-1-2-4-12(11)14)17(21)10-5-8-15(19)16(20)9-10/h1-9H. The number of carbonyl (C=O) groups is 1. The van der Waals surface area contributed by atoms with E-state index in [1.54, 1.807) is 18.2 Å². The maximum atomic E-state index is 12.7. The summed E-state index contributed by atoms with van der Waals surface area (Å²) >= 11 is 15.4. The maximum Gasteiger partial charge on any atom is 0.193 e. The van der Waals surface area contributed by atoms with E-state index in [4.69, 9.17) is 23.2 Å². The molecule has 21 heavy (non-hydrogen) atoms. The Balaban J connectivity index is 2.18. The van der Waals surface area contributed by atoms with Crippen LogP contribution in [0.4, 0.5) is 0 Å². The third-order valence-electron chi connectivity index (χ3n) is 3.30. The number of rotatable bonds is 2. The molecule has 0 N–H and O–H groups in total. The van der Waals surface area contributed by atoms with Gasteiger partial charge in [-0.3, -0.25) is 4.79 Å². The molecule has 0 unspecified atom stereocenters. The summed E-state index contributed by atoms with van der Waals surface area (Å²) in [6.07, 6.45) is 0. The van der Waals surface area contributed by atoms with E-state index in [1.165, 1.54) is 0 Å². The Morgan fingerprint density at radius 1 is 0.857 bits per heavy atom. The molecule has 0 heterocycles. The number of hydrogen-bond acceptors (Lipinski definition) is 1. The van der Waals surface area contributed by atoms with Crippen molar-refractivity contribution in [2.24, 2.45) is 0 Å². The summed E-state index contributed by atoms with van der Waals surface area (Å²) in [4.78, 5) is 12.7. The molecule has 0 aliphatic carbocycles. The van der Waals surface area contributed by atoms with Crippen molar-refractivity contribution in [2.75, 3.05) is 0 Å². The van der Waals surface area contributed by atoms with Crippen molar-refractivity contribution in [1.82, 2.24) is 0 Å². The highest BCUT2D eigenvalue weighted by atomic mass is 79.9. The van der Waals surface area contributed by atoms with Crippen LogP contribution in [0.25, 0.3) is 10.8 Å². The summed E-state index contributed by atoms with van der Waals surface area (Å²) < 4.78 is 0.962. The molecule has 0 aliphatic heterocycles. The van der Waals surface area contributed by atoms with Gasteiger partial charge in [-0.1, -0.05) is 63.4 Å². The first kappa shape index (κ1) is 14.6. The van der Waals surface area contributed by atoms with Gasteiger partial charge in [0.25, 0.3) is 0 Å². The van der Waals surface area contributed by atoms with E-state index in [-0.39, 0.29) is 5.78 Å². The fourth-order valence-electron chi connectivity index (χ4n) is 2.25. The number of ketones is 1. The molecule has 3 rings (SSSR count). The molecule has 0 fully saturated rings. The lowest BCUT2D eigenvalue weighted by Gasteiger charge is -2.08. The van der Waals surface area contributed by atoms with Crippen molar-refractivity contribution in [3.63, 3.8) is 0 Å². The maximum absolute atomic E-state index is 12.7. The monoisotopic (exact) mass is 378 g/mol. The van der Waals surface area contributed by atoms with E-state index in [0.29, 0.717) is 21.2 Å². The summed E-state index contributed by atoms with van der Waals surface area (Å²) in [7, 11) is 0. The number of halogens is 3. The molecular weight excluding hydrogens is 371 g/mol. The first-order valence-corrected chi connectivity index (χ1v) is 7.80. The van der Waals surface area contributed by atoms with Crippen molar-refractivity contribution in [3.8, 4) is 0 Å². The molecule has 0 saturated heterocycles. The molecule has 0 aliphatic rings. The van der Waals surface area contributed by atoms with E-state index in [9.17, 15) is 4.79 Å². The largest absolute Gasteiger partial charge is 0.289 e. The van der Waals surface area contributed by atoms with Crippen LogP contribution in [-0.4, -0.2) is 5.78 Å². The first-order valence-electron chi connectivity index (χ1n) is 6.25. The van der Waals surface area contributed by atoms with Gasteiger partial charge < -0.3 is 0 Å². The summed E-state index contributed by atoms with van der Waals surface area (Å²) in [6.45, 7) is 0. The zero-order chi connectivity index (χ0) is 15.0. The van der Waals surface area contributed by atoms with Gasteiger partial charge in [0.15, 0.2) is 5.78 Å². The van der Waals surface area contributed by atoms with Crippen molar-refractivity contribution in [1.29, 1.82) is 0 Å². The molecule has 4 heteroatoms. The van der Waals surface area contributed by atoms with Crippen LogP contribution in [0.1, 0.15) is 15.9 Å². The normalized spacial score (nSPS) is 10.8. The molecular formula is C17H9BrCl2O. The van der Waals surface area contributed by atoms with Gasteiger partial charge >= 0.3 is 0 Å². The fourth-order valence-corrected chi connectivity index (χ4v) is 3.03. The van der Waals surface area contributed by atoms with Crippen LogP contribution in [0.2, 0.25) is 10.0 Å². The van der Waals surface area contributed by atoms with E-state index in [0.717, 1.165) is 15.2 Å². The second-order valence-electron chi connectivity index (χ2n) is 4.60. The Morgan fingerprint density at radius 3 is 2.29 bits per heavy atom. The van der Waals surface area contributed by atoms with Crippen molar-refractivity contribution in [3.05, 3.63) is 80.2 Å². The predicted octanol–water partition coefficient (Wildman–Crippen LogP) is 6.14. The first-order chi connectivity index (χ1) is 10.1. The third-order valence-corrected chi connectivity index (χ3v) is 4.73. The molecule has 104 valence electrons. The summed E-state index contributed by atoms with van der Waals surface area (Å²) in [5.41, 5.74) is 1.17. The number of benzene rings is 3. The molecule has 1 nitrogen and oxygen atoms in total. The van der Waals surface area contributed by atoms with Gasteiger partial charge in [-0.15, -0.1) is 0 Å². The van der Waals surface area contributed by atoms with Crippen LogP contribution < -0.4 is 0 Å². The number of carbonyl (C=O) groups excluding carboxylic acids is 1. The quantitative estimate of drug-likeness (QED) is 0.488. The van der Waals surface area contributed by atoms with Crippen LogP contribution >= 0.6 is 39.1 Å². The Labute approximate surface area is 140 Å². The van der Waals surface area contributed by atoms with Crippen LogP contribution in [0.5, 0.6) is 0 Å². The highest BCUT2D eigenvalue weighted by Gasteiger charge is 2.14. The summed E-state index contributed by atoms with van der Waals surface area (Å²) in [6, 6.07) is 16.4. The molecule has 0 amide bonds. The lowest BCUT2D eigenvalue weighted by molar-refractivity contribution is 0.104. The number of fused-ring (bicyclic) bond motifs is 1. The predicted molar refractivity (Wildman–Crippen MR) is 91.5 cm³/mol. The highest BCUT2D eigenvalue weighted by molar-refractivity contribution is 9.10. The molecule has 0 bridgehead atoms. The van der Waals surface area contributed by atoms with Crippen molar-refractivity contribution < 1.29 is 4.79 Å². The second kappa shape index (κ2) is 5.80. The molecule has 0 aromatic heterocycles. The molecule has 3 aromatic rings. The third kappa shape index (κ3) is 2.71. The highest BCUT2D eigenvalue weighted by Crippen LogP contribution is 2.29.